The van der Waals surface area contributed by atoms with Crippen LogP contribution >= 0.6 is 0 Å². The maximum Gasteiger partial charge on any atom is 0.254 e. The number of nitrogens with one attached hydrogen (secondary N) is 1. The van der Waals surface area contributed by atoms with Gasteiger partial charge in [-0.1, -0.05) is 20.8 Å². The molecule has 5 heteroatoms. The Labute approximate surface area is 126 Å². The van der Waals surface area contributed by atoms with Gasteiger partial charge in [0.2, 0.25) is 0 Å². The van der Waals surface area contributed by atoms with Crippen LogP contribution in [0.25, 0.3) is 0 Å². The summed E-state index contributed by atoms with van der Waals surface area (Å²) in [6.45, 7) is 7.36. The Morgan fingerprint density at radius 1 is 1.43 bits per heavy atom. The van der Waals surface area contributed by atoms with Gasteiger partial charge in [-0.15, -0.1) is 0 Å². The summed E-state index contributed by atoms with van der Waals surface area (Å²) in [5.74, 6) is 0.668. The lowest BCUT2D eigenvalue weighted by molar-refractivity contribution is 0.0473. The van der Waals surface area contributed by atoms with Gasteiger partial charge in [0.1, 0.15) is 5.82 Å². The van der Waals surface area contributed by atoms with Gasteiger partial charge in [0.05, 0.1) is 6.10 Å². The van der Waals surface area contributed by atoms with Crippen LogP contribution in [0.4, 0.5) is 5.82 Å². The van der Waals surface area contributed by atoms with E-state index in [0.29, 0.717) is 24.5 Å². The molecule has 1 unspecified atom stereocenters. The zero-order valence-electron chi connectivity index (χ0n) is 13.3. The van der Waals surface area contributed by atoms with Crippen LogP contribution in [-0.2, 0) is 5.41 Å². The van der Waals surface area contributed by atoms with Crippen molar-refractivity contribution < 1.29 is 9.90 Å². The highest BCUT2D eigenvalue weighted by Crippen LogP contribution is 2.24. The number of anilines is 1. The van der Waals surface area contributed by atoms with E-state index < -0.39 is 6.10 Å². The number of likely N-dealkylation sites (tertiary alicyclic amines) is 1. The van der Waals surface area contributed by atoms with E-state index in [-0.39, 0.29) is 11.3 Å². The molecule has 1 atom stereocenters. The number of rotatable bonds is 2. The van der Waals surface area contributed by atoms with Gasteiger partial charge in [0.25, 0.3) is 5.91 Å². The van der Waals surface area contributed by atoms with E-state index in [1.54, 1.807) is 18.0 Å². The summed E-state index contributed by atoms with van der Waals surface area (Å²) in [4.78, 5) is 18.9. The van der Waals surface area contributed by atoms with Crippen molar-refractivity contribution in [2.24, 2.45) is 0 Å². The number of piperidine rings is 1. The first-order chi connectivity index (χ1) is 9.81. The number of hydrogen-bond donors (Lipinski definition) is 2. The van der Waals surface area contributed by atoms with Gasteiger partial charge in [0, 0.05) is 36.8 Å². The average molecular weight is 291 g/mol. The van der Waals surface area contributed by atoms with Crippen LogP contribution in [0.1, 0.15) is 49.7 Å². The second-order valence-corrected chi connectivity index (χ2v) is 6.67. The molecule has 0 aromatic carbocycles. The summed E-state index contributed by atoms with van der Waals surface area (Å²) in [5.41, 5.74) is 1.40. The summed E-state index contributed by atoms with van der Waals surface area (Å²) in [6.07, 6.45) is 1.22. The fourth-order valence-electron chi connectivity index (χ4n) is 2.49. The molecular weight excluding hydrogens is 266 g/mol. The monoisotopic (exact) mass is 291 g/mol. The van der Waals surface area contributed by atoms with Crippen LogP contribution < -0.4 is 5.32 Å². The summed E-state index contributed by atoms with van der Waals surface area (Å²) in [6, 6.07) is 3.64. The minimum Gasteiger partial charge on any atom is -0.391 e. The number of aromatic nitrogens is 1. The van der Waals surface area contributed by atoms with E-state index in [1.165, 1.54) is 0 Å². The molecule has 0 aliphatic carbocycles. The molecule has 1 amide bonds. The number of aliphatic hydroxyl groups excluding tert-OH is 1. The summed E-state index contributed by atoms with van der Waals surface area (Å²) >= 11 is 0. The molecule has 116 valence electrons. The van der Waals surface area contributed by atoms with Gasteiger partial charge < -0.3 is 15.3 Å². The molecule has 0 radical (unpaired) electrons. The normalized spacial score (nSPS) is 19.5. The summed E-state index contributed by atoms with van der Waals surface area (Å²) in [5, 5.41) is 12.8. The van der Waals surface area contributed by atoms with E-state index in [4.69, 9.17) is 0 Å². The van der Waals surface area contributed by atoms with Crippen molar-refractivity contribution in [1.29, 1.82) is 0 Å². The Balaban J connectivity index is 2.31. The molecule has 5 nitrogen and oxygen atoms in total. The molecule has 1 fully saturated rings. The first kappa shape index (κ1) is 15.8. The maximum atomic E-state index is 12.7. The van der Waals surface area contributed by atoms with Crippen molar-refractivity contribution in [2.75, 3.05) is 25.5 Å². The lowest BCUT2D eigenvalue weighted by atomic mass is 9.90. The Kier molecular flexibility index (Phi) is 4.52. The van der Waals surface area contributed by atoms with Gasteiger partial charge in [0.15, 0.2) is 0 Å². The number of carbonyl (C=O) groups excluding carboxylic acids is 1. The zero-order chi connectivity index (χ0) is 15.6. The highest BCUT2D eigenvalue weighted by atomic mass is 16.3. The standard InChI is InChI=1S/C16H25N3O2/c1-16(2,3)13-8-11(9-14(17-4)18-13)15(21)19-7-5-6-12(20)10-19/h8-9,12,20H,5-7,10H2,1-4H3,(H,17,18). The SMILES string of the molecule is CNc1cc(C(=O)N2CCCC(O)C2)cc(C(C)(C)C)n1. The van der Waals surface area contributed by atoms with Crippen LogP contribution in [0.5, 0.6) is 0 Å². The zero-order valence-corrected chi connectivity index (χ0v) is 13.3. The Morgan fingerprint density at radius 3 is 2.71 bits per heavy atom. The highest BCUT2D eigenvalue weighted by molar-refractivity contribution is 5.95. The van der Waals surface area contributed by atoms with Crippen molar-refractivity contribution in [3.8, 4) is 0 Å². The fraction of sp³-hybridized carbons (Fsp3) is 0.625. The fourth-order valence-corrected chi connectivity index (χ4v) is 2.49. The number of hydrogen-bond acceptors (Lipinski definition) is 4. The quantitative estimate of drug-likeness (QED) is 0.875. The number of β-amino-alcohol motifs (C(OH)–C–C–N with tert-alkyl or cyclic N) is 1. The second-order valence-electron chi connectivity index (χ2n) is 6.67. The number of nitrogens with zero attached hydrogens (tertiary/aromatic N) is 2. The molecule has 2 N–H and O–H groups in total. The predicted octanol–water partition coefficient (Wildman–Crippen LogP) is 2.02. The maximum absolute atomic E-state index is 12.7. The molecule has 0 saturated carbocycles. The Hall–Kier alpha value is -1.62. The largest absolute Gasteiger partial charge is 0.391 e. The van der Waals surface area contributed by atoms with E-state index in [9.17, 15) is 9.90 Å². The second kappa shape index (κ2) is 6.02. The topological polar surface area (TPSA) is 65.5 Å². The van der Waals surface area contributed by atoms with Crippen molar-refractivity contribution in [3.05, 3.63) is 23.4 Å². The smallest absolute Gasteiger partial charge is 0.254 e. The van der Waals surface area contributed by atoms with E-state index in [0.717, 1.165) is 18.5 Å². The van der Waals surface area contributed by atoms with Crippen LogP contribution in [0.2, 0.25) is 0 Å². The molecule has 1 aliphatic rings. The lowest BCUT2D eigenvalue weighted by Gasteiger charge is -2.30. The molecule has 1 aliphatic heterocycles. The Morgan fingerprint density at radius 2 is 2.14 bits per heavy atom. The molecule has 0 bridgehead atoms. The number of pyridine rings is 1. The van der Waals surface area contributed by atoms with Crippen LogP contribution in [0.3, 0.4) is 0 Å². The van der Waals surface area contributed by atoms with Gasteiger partial charge in [-0.05, 0) is 25.0 Å². The van der Waals surface area contributed by atoms with Gasteiger partial charge in [-0.3, -0.25) is 4.79 Å². The third-order valence-electron chi connectivity index (χ3n) is 3.78. The number of amides is 1. The number of aliphatic hydroxyl groups is 1. The third kappa shape index (κ3) is 3.73. The summed E-state index contributed by atoms with van der Waals surface area (Å²) < 4.78 is 0. The molecule has 2 heterocycles. The van der Waals surface area contributed by atoms with Crippen molar-refractivity contribution in [3.63, 3.8) is 0 Å². The molecule has 1 aromatic rings. The molecule has 2 rings (SSSR count). The molecule has 1 saturated heterocycles. The van der Waals surface area contributed by atoms with E-state index in [1.807, 2.05) is 6.07 Å². The first-order valence-electron chi connectivity index (χ1n) is 7.49. The van der Waals surface area contributed by atoms with Crippen LogP contribution in [0, 0.1) is 0 Å². The summed E-state index contributed by atoms with van der Waals surface area (Å²) in [7, 11) is 1.80. The molecular formula is C16H25N3O2. The van der Waals surface area contributed by atoms with Crippen LogP contribution in [0.15, 0.2) is 12.1 Å². The molecule has 0 spiro atoms. The van der Waals surface area contributed by atoms with Gasteiger partial charge in [-0.25, -0.2) is 4.98 Å². The third-order valence-corrected chi connectivity index (χ3v) is 3.78. The van der Waals surface area contributed by atoms with Crippen molar-refractivity contribution in [1.82, 2.24) is 9.88 Å². The predicted molar refractivity (Wildman–Crippen MR) is 83.6 cm³/mol. The minimum atomic E-state index is -0.407. The van der Waals surface area contributed by atoms with Gasteiger partial charge in [-0.2, -0.15) is 0 Å². The van der Waals surface area contributed by atoms with Crippen molar-refractivity contribution in [2.45, 2.75) is 45.1 Å². The Bertz CT molecular complexity index is 523. The van der Waals surface area contributed by atoms with Crippen molar-refractivity contribution >= 4 is 11.7 Å². The highest BCUT2D eigenvalue weighted by Gasteiger charge is 2.25. The molecule has 1 aromatic heterocycles. The van der Waals surface area contributed by atoms with Gasteiger partial charge >= 0.3 is 0 Å². The average Bonchev–Trinajstić information content (AvgIpc) is 2.45. The van der Waals surface area contributed by atoms with E-state index in [2.05, 4.69) is 31.1 Å². The van der Waals surface area contributed by atoms with E-state index >= 15 is 0 Å². The molecule has 21 heavy (non-hydrogen) atoms. The lowest BCUT2D eigenvalue weighted by Crippen LogP contribution is -2.42. The van der Waals surface area contributed by atoms with Crippen LogP contribution in [-0.4, -0.2) is 47.1 Å². The minimum absolute atomic E-state index is 0.0295. The number of carbonyl (C=O) groups is 1. The first-order valence-corrected chi connectivity index (χ1v) is 7.49.